The van der Waals surface area contributed by atoms with Crippen molar-refractivity contribution in [2.45, 2.75) is 31.7 Å². The highest BCUT2D eigenvalue weighted by atomic mass is 19.1. The van der Waals surface area contributed by atoms with Crippen LogP contribution in [-0.2, 0) is 4.79 Å². The van der Waals surface area contributed by atoms with Crippen LogP contribution in [0.3, 0.4) is 0 Å². The Morgan fingerprint density at radius 2 is 2.07 bits per heavy atom. The second-order valence-corrected chi connectivity index (χ2v) is 6.77. The number of aromatic nitrogens is 1. The van der Waals surface area contributed by atoms with E-state index in [1.807, 2.05) is 0 Å². The Kier molecular flexibility index (Phi) is 6.08. The van der Waals surface area contributed by atoms with Crippen LogP contribution in [0.15, 0.2) is 36.5 Å². The maximum Gasteiger partial charge on any atom is 0.404 e. The van der Waals surface area contributed by atoms with Crippen LogP contribution in [0.4, 0.5) is 15.0 Å². The second-order valence-electron chi connectivity index (χ2n) is 6.77. The van der Waals surface area contributed by atoms with Gasteiger partial charge in [0, 0.05) is 29.8 Å². The zero-order chi connectivity index (χ0) is 20.1. The molecule has 0 radical (unpaired) electrons. The van der Waals surface area contributed by atoms with Gasteiger partial charge in [0.15, 0.2) is 0 Å². The van der Waals surface area contributed by atoms with Crippen LogP contribution < -0.4 is 15.4 Å². The summed E-state index contributed by atoms with van der Waals surface area (Å²) in [4.78, 5) is 27.6. The number of ether oxygens (including phenoxy) is 1. The maximum atomic E-state index is 13.4. The Balaban J connectivity index is 1.72. The fraction of sp³-hybridized carbons (Fsp3) is 0.350. The van der Waals surface area contributed by atoms with Gasteiger partial charge in [-0.1, -0.05) is 6.42 Å². The third kappa shape index (κ3) is 4.76. The van der Waals surface area contributed by atoms with Gasteiger partial charge in [0.25, 0.3) is 0 Å². The predicted octanol–water partition coefficient (Wildman–Crippen LogP) is 3.66. The molecule has 2 aromatic rings. The first-order valence-electron chi connectivity index (χ1n) is 9.06. The van der Waals surface area contributed by atoms with Crippen molar-refractivity contribution in [1.29, 1.82) is 0 Å². The molecule has 0 bridgehead atoms. The summed E-state index contributed by atoms with van der Waals surface area (Å²) >= 11 is 0. The van der Waals surface area contributed by atoms with E-state index in [9.17, 15) is 14.0 Å². The summed E-state index contributed by atoms with van der Waals surface area (Å²) in [5, 5.41) is 14.1. The molecule has 2 amide bonds. The Labute approximate surface area is 161 Å². The lowest BCUT2D eigenvalue weighted by molar-refractivity contribution is -0.121. The number of carbonyl (C=O) groups excluding carboxylic acids is 1. The first-order valence-corrected chi connectivity index (χ1v) is 9.06. The van der Waals surface area contributed by atoms with Crippen LogP contribution in [0, 0.1) is 11.7 Å². The lowest BCUT2D eigenvalue weighted by atomic mass is 9.85. The smallest absolute Gasteiger partial charge is 0.404 e. The monoisotopic (exact) mass is 387 g/mol. The fourth-order valence-corrected chi connectivity index (χ4v) is 3.53. The maximum absolute atomic E-state index is 13.4. The zero-order valence-electron chi connectivity index (χ0n) is 15.4. The summed E-state index contributed by atoms with van der Waals surface area (Å²) in [6.45, 7) is 0. The first-order chi connectivity index (χ1) is 13.5. The highest BCUT2D eigenvalue weighted by Gasteiger charge is 2.28. The van der Waals surface area contributed by atoms with Crippen LogP contribution in [0.2, 0.25) is 0 Å². The number of hydrogen-bond donors (Lipinski definition) is 3. The standard InChI is InChI=1S/C20H22FN3O4/c1-28-17-11-14(21)5-6-16(17)12-7-8-22-18(10-12)24-19(25)13-3-2-4-15(9-13)23-20(26)27/h5-8,10-11,13,15,23H,2-4,9H2,1H3,(H,26,27)(H,22,24,25)/t13-,15?/m1/s1. The second kappa shape index (κ2) is 8.69. The summed E-state index contributed by atoms with van der Waals surface area (Å²) in [6.07, 6.45) is 3.16. The number of nitrogens with zero attached hydrogens (tertiary/aromatic N) is 1. The average Bonchev–Trinajstić information content (AvgIpc) is 2.67. The molecular formula is C20H22FN3O4. The van der Waals surface area contributed by atoms with E-state index in [2.05, 4.69) is 15.6 Å². The lowest BCUT2D eigenvalue weighted by Gasteiger charge is -2.28. The van der Waals surface area contributed by atoms with Gasteiger partial charge in [-0.3, -0.25) is 4.79 Å². The normalized spacial score (nSPS) is 18.9. The van der Waals surface area contributed by atoms with Crippen molar-refractivity contribution in [2.24, 2.45) is 5.92 Å². The quantitative estimate of drug-likeness (QED) is 0.727. The van der Waals surface area contributed by atoms with Crippen molar-refractivity contribution >= 4 is 17.8 Å². The molecule has 1 aliphatic rings. The fourth-order valence-electron chi connectivity index (χ4n) is 3.53. The Morgan fingerprint density at radius 3 is 2.82 bits per heavy atom. The van der Waals surface area contributed by atoms with Crippen molar-refractivity contribution in [3.05, 3.63) is 42.3 Å². The molecule has 3 rings (SSSR count). The van der Waals surface area contributed by atoms with Crippen LogP contribution in [0.1, 0.15) is 25.7 Å². The molecule has 1 fully saturated rings. The molecule has 0 aliphatic heterocycles. The van der Waals surface area contributed by atoms with Gasteiger partial charge < -0.3 is 20.5 Å². The topological polar surface area (TPSA) is 101 Å². The molecule has 1 aliphatic carbocycles. The Bertz CT molecular complexity index is 874. The molecular weight excluding hydrogens is 365 g/mol. The van der Waals surface area contributed by atoms with E-state index in [0.717, 1.165) is 18.4 Å². The number of carbonyl (C=O) groups is 2. The molecule has 3 N–H and O–H groups in total. The molecule has 7 nitrogen and oxygen atoms in total. The minimum Gasteiger partial charge on any atom is -0.496 e. The average molecular weight is 387 g/mol. The first kappa shape index (κ1) is 19.6. The molecule has 0 saturated heterocycles. The molecule has 148 valence electrons. The largest absolute Gasteiger partial charge is 0.496 e. The van der Waals surface area contributed by atoms with Gasteiger partial charge in [-0.15, -0.1) is 0 Å². The van der Waals surface area contributed by atoms with Gasteiger partial charge in [-0.25, -0.2) is 14.2 Å². The van der Waals surface area contributed by atoms with Gasteiger partial charge >= 0.3 is 6.09 Å². The number of anilines is 1. The Hall–Kier alpha value is -3.16. The number of halogens is 1. The highest BCUT2D eigenvalue weighted by Crippen LogP contribution is 2.32. The third-order valence-corrected chi connectivity index (χ3v) is 4.86. The summed E-state index contributed by atoms with van der Waals surface area (Å²) in [5.41, 5.74) is 1.42. The number of methoxy groups -OCH3 is 1. The number of hydrogen-bond acceptors (Lipinski definition) is 4. The van der Waals surface area contributed by atoms with E-state index in [4.69, 9.17) is 9.84 Å². The molecule has 1 aromatic carbocycles. The summed E-state index contributed by atoms with van der Waals surface area (Å²) in [7, 11) is 1.47. The number of amides is 2. The SMILES string of the molecule is COc1cc(F)ccc1-c1ccnc(NC(=O)[C@@H]2CCCC(NC(=O)O)C2)c1. The van der Waals surface area contributed by atoms with Gasteiger partial charge in [0.05, 0.1) is 7.11 Å². The van der Waals surface area contributed by atoms with Crippen molar-refractivity contribution in [3.8, 4) is 16.9 Å². The number of nitrogens with one attached hydrogen (secondary N) is 2. The zero-order valence-corrected chi connectivity index (χ0v) is 15.4. The third-order valence-electron chi connectivity index (χ3n) is 4.86. The number of benzene rings is 1. The van der Waals surface area contributed by atoms with Crippen molar-refractivity contribution < 1.29 is 23.8 Å². The van der Waals surface area contributed by atoms with E-state index in [0.29, 0.717) is 30.0 Å². The number of pyridine rings is 1. The molecule has 2 atom stereocenters. The van der Waals surface area contributed by atoms with Crippen LogP contribution in [0.5, 0.6) is 5.75 Å². The van der Waals surface area contributed by atoms with E-state index >= 15 is 0 Å². The molecule has 1 heterocycles. The minimum absolute atomic E-state index is 0.187. The van der Waals surface area contributed by atoms with Crippen LogP contribution in [0.25, 0.3) is 11.1 Å². The number of rotatable bonds is 5. The van der Waals surface area contributed by atoms with Crippen LogP contribution >= 0.6 is 0 Å². The van der Waals surface area contributed by atoms with Crippen LogP contribution in [-0.4, -0.2) is 35.2 Å². The van der Waals surface area contributed by atoms with Crippen molar-refractivity contribution in [2.75, 3.05) is 12.4 Å². The molecule has 1 saturated carbocycles. The van der Waals surface area contributed by atoms with Crippen molar-refractivity contribution in [1.82, 2.24) is 10.3 Å². The number of carboxylic acid groups (broad SMARTS) is 1. The Morgan fingerprint density at radius 1 is 1.25 bits per heavy atom. The van der Waals surface area contributed by atoms with E-state index in [1.54, 1.807) is 24.4 Å². The van der Waals surface area contributed by atoms with Gasteiger partial charge in [0.2, 0.25) is 5.91 Å². The highest BCUT2D eigenvalue weighted by molar-refractivity contribution is 5.92. The molecule has 1 aromatic heterocycles. The van der Waals surface area contributed by atoms with Gasteiger partial charge in [-0.2, -0.15) is 0 Å². The van der Waals surface area contributed by atoms with E-state index in [-0.39, 0.29) is 17.9 Å². The molecule has 8 heteroatoms. The molecule has 28 heavy (non-hydrogen) atoms. The summed E-state index contributed by atoms with van der Waals surface area (Å²) in [5.74, 6) is -0.102. The minimum atomic E-state index is -1.08. The van der Waals surface area contributed by atoms with Gasteiger partial charge in [0.1, 0.15) is 17.4 Å². The van der Waals surface area contributed by atoms with Gasteiger partial charge in [-0.05, 0) is 49.1 Å². The van der Waals surface area contributed by atoms with E-state index < -0.39 is 11.9 Å². The predicted molar refractivity (Wildman–Crippen MR) is 102 cm³/mol. The van der Waals surface area contributed by atoms with E-state index in [1.165, 1.54) is 19.2 Å². The van der Waals surface area contributed by atoms with Crippen molar-refractivity contribution in [3.63, 3.8) is 0 Å². The molecule has 0 spiro atoms. The lowest BCUT2D eigenvalue weighted by Crippen LogP contribution is -2.40. The molecule has 1 unspecified atom stereocenters. The summed E-state index contributed by atoms with van der Waals surface area (Å²) < 4.78 is 18.7. The summed E-state index contributed by atoms with van der Waals surface area (Å²) in [6, 6.07) is 7.48.